The lowest BCUT2D eigenvalue weighted by Gasteiger charge is -2.07. The number of carbonyl (C=O) groups excluding carboxylic acids is 2. The lowest BCUT2D eigenvalue weighted by Crippen LogP contribution is -2.38. The molecule has 0 fully saturated rings. The van der Waals surface area contributed by atoms with Crippen LogP contribution in [0.3, 0.4) is 0 Å². The van der Waals surface area contributed by atoms with Gasteiger partial charge in [-0.25, -0.2) is 4.79 Å². The summed E-state index contributed by atoms with van der Waals surface area (Å²) < 4.78 is 5.99. The summed E-state index contributed by atoms with van der Waals surface area (Å²) in [5, 5.41) is 15.9. The number of oxazole rings is 1. The zero-order chi connectivity index (χ0) is 20.1. The number of nitrogens with one attached hydrogen (secondary N) is 2. The van der Waals surface area contributed by atoms with Gasteiger partial charge < -0.3 is 15.1 Å². The topological polar surface area (TPSA) is 136 Å². The van der Waals surface area contributed by atoms with E-state index in [4.69, 9.17) is 4.42 Å². The number of rotatable bonds is 7. The van der Waals surface area contributed by atoms with E-state index in [-0.39, 0.29) is 35.8 Å². The zero-order valence-corrected chi connectivity index (χ0v) is 14.6. The molecular formula is C18H16N4O6. The highest BCUT2D eigenvalue weighted by atomic mass is 16.6. The molecule has 0 spiro atoms. The van der Waals surface area contributed by atoms with Crippen molar-refractivity contribution in [3.63, 3.8) is 0 Å². The fraction of sp³-hybridized carbons (Fsp3) is 0.167. The number of nitro groups is 1. The summed E-state index contributed by atoms with van der Waals surface area (Å²) >= 11 is 0. The third-order valence-electron chi connectivity index (χ3n) is 3.94. The molecule has 0 saturated carbocycles. The molecule has 1 aromatic heterocycles. The van der Waals surface area contributed by atoms with Crippen molar-refractivity contribution in [2.24, 2.45) is 0 Å². The van der Waals surface area contributed by atoms with Gasteiger partial charge in [0.15, 0.2) is 5.58 Å². The molecule has 0 unspecified atom stereocenters. The number of carbonyl (C=O) groups is 2. The molecule has 2 aromatic carbocycles. The second-order valence-electron chi connectivity index (χ2n) is 5.90. The monoisotopic (exact) mass is 384 g/mol. The number of amides is 2. The molecule has 10 heteroatoms. The minimum Gasteiger partial charge on any atom is -0.407 e. The highest BCUT2D eigenvalue weighted by Gasteiger charge is 2.16. The number of nitro benzene ring substituents is 1. The van der Waals surface area contributed by atoms with Gasteiger partial charge in [-0.05, 0) is 11.6 Å². The Bertz CT molecular complexity index is 1090. The van der Waals surface area contributed by atoms with E-state index in [9.17, 15) is 24.5 Å². The van der Waals surface area contributed by atoms with Crippen molar-refractivity contribution >= 4 is 28.6 Å². The SMILES string of the molecule is O=C(CNC(=O)Cn1c(=O)oc2cc([N+](=O)[O-])ccc21)NCc1ccccc1. The summed E-state index contributed by atoms with van der Waals surface area (Å²) in [6, 6.07) is 12.9. The van der Waals surface area contributed by atoms with E-state index in [1.54, 1.807) is 0 Å². The minimum absolute atomic E-state index is 0.00704. The standard InChI is InChI=1S/C18H16N4O6/c23-16(19-9-12-4-2-1-3-5-12)10-20-17(24)11-21-14-7-6-13(22(26)27)8-15(14)28-18(21)25/h1-8H,9-11H2,(H,19,23)(H,20,24). The van der Waals surface area contributed by atoms with Gasteiger partial charge in [0.25, 0.3) is 5.69 Å². The molecule has 0 radical (unpaired) electrons. The van der Waals surface area contributed by atoms with Crippen LogP contribution in [-0.2, 0) is 22.7 Å². The Morgan fingerprint density at radius 2 is 1.82 bits per heavy atom. The van der Waals surface area contributed by atoms with Crippen LogP contribution < -0.4 is 16.4 Å². The number of aromatic nitrogens is 1. The highest BCUT2D eigenvalue weighted by molar-refractivity contribution is 5.85. The third kappa shape index (κ3) is 4.41. The quantitative estimate of drug-likeness (QED) is 0.459. The van der Waals surface area contributed by atoms with Crippen molar-refractivity contribution in [1.29, 1.82) is 0 Å². The van der Waals surface area contributed by atoms with Crippen molar-refractivity contribution in [1.82, 2.24) is 15.2 Å². The van der Waals surface area contributed by atoms with Gasteiger partial charge in [0.2, 0.25) is 11.8 Å². The van der Waals surface area contributed by atoms with E-state index in [1.807, 2.05) is 30.3 Å². The Labute approximate surface area is 157 Å². The molecule has 0 aliphatic heterocycles. The number of non-ortho nitro benzene ring substituents is 1. The molecule has 144 valence electrons. The maximum absolute atomic E-state index is 12.1. The van der Waals surface area contributed by atoms with E-state index in [2.05, 4.69) is 10.6 Å². The summed E-state index contributed by atoms with van der Waals surface area (Å²) in [5.41, 5.74) is 0.951. The van der Waals surface area contributed by atoms with Crippen molar-refractivity contribution < 1.29 is 18.9 Å². The van der Waals surface area contributed by atoms with Gasteiger partial charge in [0, 0.05) is 12.6 Å². The lowest BCUT2D eigenvalue weighted by atomic mass is 10.2. The van der Waals surface area contributed by atoms with Gasteiger partial charge in [-0.1, -0.05) is 30.3 Å². The fourth-order valence-corrected chi connectivity index (χ4v) is 2.56. The number of hydrogen-bond donors (Lipinski definition) is 2. The second kappa shape index (κ2) is 8.16. The first-order valence-corrected chi connectivity index (χ1v) is 8.29. The molecule has 0 saturated heterocycles. The summed E-state index contributed by atoms with van der Waals surface area (Å²) in [7, 11) is 0. The average molecular weight is 384 g/mol. The van der Waals surface area contributed by atoms with Crippen LogP contribution in [0.4, 0.5) is 5.69 Å². The van der Waals surface area contributed by atoms with Crippen LogP contribution in [-0.4, -0.2) is 27.8 Å². The normalized spacial score (nSPS) is 10.6. The van der Waals surface area contributed by atoms with Crippen LogP contribution in [0, 0.1) is 10.1 Å². The summed E-state index contributed by atoms with van der Waals surface area (Å²) in [6.45, 7) is -0.294. The van der Waals surface area contributed by atoms with E-state index in [0.29, 0.717) is 6.54 Å². The molecule has 1 heterocycles. The summed E-state index contributed by atoms with van der Waals surface area (Å²) in [6.07, 6.45) is 0. The molecule has 3 rings (SSSR count). The number of fused-ring (bicyclic) bond motifs is 1. The van der Waals surface area contributed by atoms with Crippen LogP contribution in [0.25, 0.3) is 11.1 Å². The van der Waals surface area contributed by atoms with Gasteiger partial charge in [-0.15, -0.1) is 0 Å². The van der Waals surface area contributed by atoms with E-state index >= 15 is 0 Å². The fourth-order valence-electron chi connectivity index (χ4n) is 2.56. The summed E-state index contributed by atoms with van der Waals surface area (Å²) in [4.78, 5) is 46.0. The molecule has 0 bridgehead atoms. The molecule has 0 atom stereocenters. The molecular weight excluding hydrogens is 368 g/mol. The Morgan fingerprint density at radius 1 is 1.07 bits per heavy atom. The van der Waals surface area contributed by atoms with Crippen molar-refractivity contribution in [3.05, 3.63) is 74.8 Å². The largest absolute Gasteiger partial charge is 0.420 e. The van der Waals surface area contributed by atoms with Crippen molar-refractivity contribution in [2.45, 2.75) is 13.1 Å². The van der Waals surface area contributed by atoms with Crippen molar-refractivity contribution in [3.8, 4) is 0 Å². The molecule has 0 aliphatic rings. The molecule has 2 amide bonds. The van der Waals surface area contributed by atoms with Crippen LogP contribution >= 0.6 is 0 Å². The van der Waals surface area contributed by atoms with Crippen LogP contribution in [0.15, 0.2) is 57.7 Å². The molecule has 0 aliphatic carbocycles. The lowest BCUT2D eigenvalue weighted by molar-refractivity contribution is -0.384. The van der Waals surface area contributed by atoms with Crippen LogP contribution in [0.2, 0.25) is 0 Å². The van der Waals surface area contributed by atoms with Gasteiger partial charge >= 0.3 is 5.76 Å². The first-order chi connectivity index (χ1) is 13.4. The van der Waals surface area contributed by atoms with Gasteiger partial charge in [0.05, 0.1) is 23.1 Å². The first-order valence-electron chi connectivity index (χ1n) is 8.29. The maximum Gasteiger partial charge on any atom is 0.420 e. The first kappa shape index (κ1) is 18.8. The summed E-state index contributed by atoms with van der Waals surface area (Å²) in [5.74, 6) is -1.77. The molecule has 2 N–H and O–H groups in total. The minimum atomic E-state index is -0.820. The predicted molar refractivity (Wildman–Crippen MR) is 98.4 cm³/mol. The number of benzene rings is 2. The van der Waals surface area contributed by atoms with Gasteiger partial charge in [0.1, 0.15) is 6.54 Å². The maximum atomic E-state index is 12.1. The number of nitrogens with zero attached hydrogens (tertiary/aromatic N) is 2. The second-order valence-corrected chi connectivity index (χ2v) is 5.90. The van der Waals surface area contributed by atoms with Crippen molar-refractivity contribution in [2.75, 3.05) is 6.54 Å². The van der Waals surface area contributed by atoms with Gasteiger partial charge in [-0.3, -0.25) is 24.3 Å². The predicted octanol–water partition coefficient (Wildman–Crippen LogP) is 0.935. The molecule has 10 nitrogen and oxygen atoms in total. The Morgan fingerprint density at radius 3 is 2.54 bits per heavy atom. The highest BCUT2D eigenvalue weighted by Crippen LogP contribution is 2.19. The average Bonchev–Trinajstić information content (AvgIpc) is 3.00. The van der Waals surface area contributed by atoms with Gasteiger partial charge in [-0.2, -0.15) is 0 Å². The van der Waals surface area contributed by atoms with Crippen LogP contribution in [0.1, 0.15) is 5.56 Å². The molecule has 28 heavy (non-hydrogen) atoms. The Kier molecular flexibility index (Phi) is 5.49. The van der Waals surface area contributed by atoms with E-state index < -0.39 is 16.6 Å². The van der Waals surface area contributed by atoms with E-state index in [0.717, 1.165) is 16.2 Å². The Hall–Kier alpha value is -3.95. The third-order valence-corrected chi connectivity index (χ3v) is 3.94. The Balaban J connectivity index is 1.57. The van der Waals surface area contributed by atoms with Crippen LogP contribution in [0.5, 0.6) is 0 Å². The zero-order valence-electron chi connectivity index (χ0n) is 14.6. The molecule has 3 aromatic rings. The van der Waals surface area contributed by atoms with E-state index in [1.165, 1.54) is 12.1 Å². The number of hydrogen-bond acceptors (Lipinski definition) is 6. The smallest absolute Gasteiger partial charge is 0.407 e.